The molecule has 12 heteroatoms. The Morgan fingerprint density at radius 3 is 2.32 bits per heavy atom. The molecule has 0 radical (unpaired) electrons. The fourth-order valence-electron chi connectivity index (χ4n) is 6.92. The largest absolute Gasteiger partial charge is 0.490 e. The highest BCUT2D eigenvalue weighted by atomic mass is 35.5. The van der Waals surface area contributed by atoms with Crippen LogP contribution in [0.4, 0.5) is 11.6 Å². The Morgan fingerprint density at radius 1 is 0.977 bits per heavy atom. The van der Waals surface area contributed by atoms with Crippen molar-refractivity contribution >= 4 is 35.1 Å². The molecule has 0 spiro atoms. The Hall–Kier alpha value is -3.15. The number of hydrogen-bond donors (Lipinski definition) is 2. The molecule has 3 aliphatic rings. The number of anilines is 2. The number of halogens is 1. The van der Waals surface area contributed by atoms with Gasteiger partial charge in [0.05, 0.1) is 18.6 Å². The molecule has 0 unspecified atom stereocenters. The van der Waals surface area contributed by atoms with Gasteiger partial charge in [0.1, 0.15) is 5.75 Å². The van der Waals surface area contributed by atoms with Crippen molar-refractivity contribution < 1.29 is 19.1 Å². The minimum atomic E-state index is -0.737. The van der Waals surface area contributed by atoms with Gasteiger partial charge in [0.15, 0.2) is 22.5 Å². The summed E-state index contributed by atoms with van der Waals surface area (Å²) in [4.78, 5) is 39.4. The number of carbonyl (C=O) groups is 2. The first kappa shape index (κ1) is 32.2. The molecule has 3 fully saturated rings. The van der Waals surface area contributed by atoms with Crippen molar-refractivity contribution in [2.45, 2.75) is 83.5 Å². The topological polar surface area (TPSA) is 140 Å². The molecule has 1 saturated carbocycles. The van der Waals surface area contributed by atoms with Gasteiger partial charge in [0.2, 0.25) is 0 Å². The zero-order chi connectivity index (χ0) is 31.2. The Kier molecular flexibility index (Phi) is 10.8. The Labute approximate surface area is 265 Å². The summed E-state index contributed by atoms with van der Waals surface area (Å²) in [6.07, 6.45) is 6.86. The van der Waals surface area contributed by atoms with Crippen LogP contribution < -0.4 is 21.1 Å². The van der Waals surface area contributed by atoms with E-state index >= 15 is 0 Å². The van der Waals surface area contributed by atoms with E-state index in [1.807, 2.05) is 6.92 Å². The van der Waals surface area contributed by atoms with Crippen LogP contribution in [-0.2, 0) is 16.1 Å². The number of primary amides is 1. The van der Waals surface area contributed by atoms with Crippen LogP contribution in [0.15, 0.2) is 24.3 Å². The number of piperidine rings is 1. The van der Waals surface area contributed by atoms with Gasteiger partial charge in [0.25, 0.3) is 5.91 Å². The maximum Gasteiger partial charge on any atom is 0.308 e. The van der Waals surface area contributed by atoms with Crippen molar-refractivity contribution in [3.8, 4) is 5.75 Å². The molecule has 240 valence electrons. The number of likely N-dealkylation sites (tertiary alicyclic amines) is 1. The molecule has 1 aromatic carbocycles. The van der Waals surface area contributed by atoms with E-state index < -0.39 is 5.91 Å². The fourth-order valence-corrected chi connectivity index (χ4v) is 7.16. The van der Waals surface area contributed by atoms with Gasteiger partial charge in [-0.25, -0.2) is 9.97 Å². The van der Waals surface area contributed by atoms with Gasteiger partial charge in [-0.3, -0.25) is 19.4 Å². The SMILES string of the molecule is CCOC(=O)C1CCC(Oc2ccc(CN3CCC(N4CCN(c5nc(N)c(C(N)=O)nc5Cl)C[C@@H]4CC)CC3)cc2)CC1. The quantitative estimate of drug-likeness (QED) is 0.373. The predicted molar refractivity (Wildman–Crippen MR) is 171 cm³/mol. The van der Waals surface area contributed by atoms with E-state index in [0.717, 1.165) is 90.0 Å². The average Bonchev–Trinajstić information content (AvgIpc) is 3.03. The summed E-state index contributed by atoms with van der Waals surface area (Å²) in [6.45, 7) is 10.0. The van der Waals surface area contributed by atoms with Gasteiger partial charge in [-0.2, -0.15) is 0 Å². The molecule has 11 nitrogen and oxygen atoms in total. The summed E-state index contributed by atoms with van der Waals surface area (Å²) < 4.78 is 11.4. The molecular formula is C32H46ClN7O4. The Balaban J connectivity index is 1.07. The molecule has 1 amide bonds. The van der Waals surface area contributed by atoms with Gasteiger partial charge < -0.3 is 25.8 Å². The number of nitrogens with two attached hydrogens (primary N) is 2. The average molecular weight is 628 g/mol. The van der Waals surface area contributed by atoms with Crippen LogP contribution in [0.5, 0.6) is 5.75 Å². The first-order chi connectivity index (χ1) is 21.2. The number of ether oxygens (including phenoxy) is 2. The molecule has 2 aliphatic heterocycles. The number of esters is 1. The smallest absolute Gasteiger partial charge is 0.308 e. The lowest BCUT2D eigenvalue weighted by Gasteiger charge is -2.47. The lowest BCUT2D eigenvalue weighted by Crippen LogP contribution is -2.58. The lowest BCUT2D eigenvalue weighted by molar-refractivity contribution is -0.149. The maximum atomic E-state index is 12.0. The summed E-state index contributed by atoms with van der Waals surface area (Å²) in [5.74, 6) is 0.636. The van der Waals surface area contributed by atoms with Gasteiger partial charge in [-0.05, 0) is 82.7 Å². The summed E-state index contributed by atoms with van der Waals surface area (Å²) in [5.41, 5.74) is 12.5. The molecule has 4 N–H and O–H groups in total. The third-order valence-electron chi connectivity index (χ3n) is 9.35. The van der Waals surface area contributed by atoms with Gasteiger partial charge in [-0.1, -0.05) is 30.7 Å². The molecule has 1 aromatic heterocycles. The number of amides is 1. The number of nitrogens with zero attached hydrogens (tertiary/aromatic N) is 5. The molecule has 1 aliphatic carbocycles. The highest BCUT2D eigenvalue weighted by Crippen LogP contribution is 2.31. The summed E-state index contributed by atoms with van der Waals surface area (Å²) in [7, 11) is 0. The van der Waals surface area contributed by atoms with E-state index in [9.17, 15) is 9.59 Å². The van der Waals surface area contributed by atoms with Crippen LogP contribution in [0, 0.1) is 5.92 Å². The van der Waals surface area contributed by atoms with E-state index in [0.29, 0.717) is 24.5 Å². The molecule has 0 bridgehead atoms. The number of rotatable bonds is 10. The van der Waals surface area contributed by atoms with E-state index in [1.54, 1.807) is 0 Å². The monoisotopic (exact) mass is 627 g/mol. The van der Waals surface area contributed by atoms with Crippen LogP contribution in [0.3, 0.4) is 0 Å². The number of benzene rings is 1. The van der Waals surface area contributed by atoms with E-state index in [1.165, 1.54) is 5.56 Å². The zero-order valence-corrected chi connectivity index (χ0v) is 26.7. The fraction of sp³-hybridized carbons (Fsp3) is 0.625. The van der Waals surface area contributed by atoms with Crippen LogP contribution in [-0.4, -0.2) is 89.2 Å². The maximum absolute atomic E-state index is 12.0. The van der Waals surface area contributed by atoms with E-state index in [4.69, 9.17) is 32.5 Å². The molecule has 2 saturated heterocycles. The molecule has 1 atom stereocenters. The number of carbonyl (C=O) groups excluding carboxylic acids is 2. The molecule has 2 aromatic rings. The summed E-state index contributed by atoms with van der Waals surface area (Å²) in [5, 5.41) is 0.155. The van der Waals surface area contributed by atoms with Crippen molar-refractivity contribution in [3.63, 3.8) is 0 Å². The second-order valence-electron chi connectivity index (χ2n) is 12.2. The Bertz CT molecular complexity index is 1280. The number of hydrogen-bond acceptors (Lipinski definition) is 10. The molecule has 5 rings (SSSR count). The first-order valence-corrected chi connectivity index (χ1v) is 16.4. The van der Waals surface area contributed by atoms with Crippen molar-refractivity contribution in [3.05, 3.63) is 40.7 Å². The van der Waals surface area contributed by atoms with Gasteiger partial charge >= 0.3 is 5.97 Å². The second-order valence-corrected chi connectivity index (χ2v) is 12.5. The van der Waals surface area contributed by atoms with E-state index in [-0.39, 0.29) is 34.7 Å². The first-order valence-electron chi connectivity index (χ1n) is 16.0. The summed E-state index contributed by atoms with van der Waals surface area (Å²) >= 11 is 6.39. The van der Waals surface area contributed by atoms with Crippen molar-refractivity contribution in [2.24, 2.45) is 11.7 Å². The molecule has 3 heterocycles. The van der Waals surface area contributed by atoms with Crippen LogP contribution in [0.2, 0.25) is 5.15 Å². The van der Waals surface area contributed by atoms with Crippen molar-refractivity contribution in [1.29, 1.82) is 0 Å². The minimum Gasteiger partial charge on any atom is -0.490 e. The highest BCUT2D eigenvalue weighted by Gasteiger charge is 2.34. The molecule has 44 heavy (non-hydrogen) atoms. The predicted octanol–water partition coefficient (Wildman–Crippen LogP) is 3.88. The highest BCUT2D eigenvalue weighted by molar-refractivity contribution is 6.32. The van der Waals surface area contributed by atoms with E-state index in [2.05, 4.69) is 55.9 Å². The lowest BCUT2D eigenvalue weighted by atomic mass is 9.87. The summed E-state index contributed by atoms with van der Waals surface area (Å²) in [6, 6.07) is 9.41. The second kappa shape index (κ2) is 14.8. The Morgan fingerprint density at radius 2 is 1.68 bits per heavy atom. The van der Waals surface area contributed by atoms with Crippen molar-refractivity contribution in [2.75, 3.05) is 50.0 Å². The zero-order valence-electron chi connectivity index (χ0n) is 25.9. The number of aromatic nitrogens is 2. The number of piperazine rings is 1. The normalized spacial score (nSPS) is 23.8. The number of nitrogen functional groups attached to an aromatic ring is 1. The standard InChI is InChI=1S/C32H46ClN7O4/c1-3-23-20-39(31-28(33)36-27(30(35)41)29(34)37-31)17-18-40(23)24-13-15-38(16-14-24)19-21-5-9-25(10-6-21)44-26-11-7-22(8-12-26)32(42)43-4-2/h5-6,9-10,22-24,26H,3-4,7-8,11-20H2,1-2H3,(H2,34,37)(H2,35,41)/t22?,23-,26?/m0/s1. The van der Waals surface area contributed by atoms with Crippen LogP contribution in [0.25, 0.3) is 0 Å². The van der Waals surface area contributed by atoms with Crippen LogP contribution >= 0.6 is 11.6 Å². The third kappa shape index (κ3) is 7.73. The molecular weight excluding hydrogens is 582 g/mol. The minimum absolute atomic E-state index is 0.0108. The van der Waals surface area contributed by atoms with Crippen LogP contribution in [0.1, 0.15) is 74.8 Å². The third-order valence-corrected chi connectivity index (χ3v) is 9.60. The van der Waals surface area contributed by atoms with Gasteiger partial charge in [0, 0.05) is 38.3 Å². The van der Waals surface area contributed by atoms with Gasteiger partial charge in [-0.15, -0.1) is 0 Å². The van der Waals surface area contributed by atoms with Crippen molar-refractivity contribution in [1.82, 2.24) is 19.8 Å².